The third-order valence-corrected chi connectivity index (χ3v) is 2.95. The largest absolute Gasteiger partial charge is 0.341 e. The molecule has 0 bridgehead atoms. The number of hydrogen-bond acceptors (Lipinski definition) is 3. The zero-order valence-corrected chi connectivity index (χ0v) is 9.52. The number of hydrogen-bond donors (Lipinski definition) is 1. The van der Waals surface area contributed by atoms with Crippen molar-refractivity contribution in [3.63, 3.8) is 0 Å². The fraction of sp³-hybridized carbons (Fsp3) is 0.500. The van der Waals surface area contributed by atoms with Gasteiger partial charge in [-0.05, 0) is 18.1 Å². The standard InChI is InChI=1S/C12H17N3O/c1-10(16)15-6-4-12(9-15)14-8-11-3-2-5-13-7-11/h2-3,5,7,12,14H,4,6,8-9H2,1H3. The first kappa shape index (κ1) is 11.1. The molecule has 0 aromatic carbocycles. The molecule has 0 spiro atoms. The van der Waals surface area contributed by atoms with Gasteiger partial charge in [-0.15, -0.1) is 0 Å². The summed E-state index contributed by atoms with van der Waals surface area (Å²) in [6, 6.07) is 4.41. The summed E-state index contributed by atoms with van der Waals surface area (Å²) in [5.74, 6) is 0.172. The molecule has 1 aromatic rings. The number of likely N-dealkylation sites (tertiary alicyclic amines) is 1. The molecule has 2 rings (SSSR count). The van der Waals surface area contributed by atoms with Crippen LogP contribution >= 0.6 is 0 Å². The molecule has 1 aliphatic rings. The zero-order valence-electron chi connectivity index (χ0n) is 9.52. The smallest absolute Gasteiger partial charge is 0.219 e. The number of aromatic nitrogens is 1. The van der Waals surface area contributed by atoms with E-state index in [2.05, 4.69) is 16.4 Å². The average molecular weight is 219 g/mol. The van der Waals surface area contributed by atoms with Crippen LogP contribution in [-0.4, -0.2) is 34.9 Å². The Balaban J connectivity index is 1.78. The Morgan fingerprint density at radius 3 is 3.19 bits per heavy atom. The molecule has 4 nitrogen and oxygen atoms in total. The van der Waals surface area contributed by atoms with E-state index >= 15 is 0 Å². The van der Waals surface area contributed by atoms with Crippen LogP contribution in [0.2, 0.25) is 0 Å². The molecule has 1 aromatic heterocycles. The highest BCUT2D eigenvalue weighted by Crippen LogP contribution is 2.09. The molecule has 86 valence electrons. The van der Waals surface area contributed by atoms with Crippen molar-refractivity contribution in [1.29, 1.82) is 0 Å². The normalized spacial score (nSPS) is 20.1. The molecule has 4 heteroatoms. The molecular weight excluding hydrogens is 202 g/mol. The first-order valence-electron chi connectivity index (χ1n) is 5.63. The Labute approximate surface area is 95.7 Å². The van der Waals surface area contributed by atoms with Gasteiger partial charge in [0.1, 0.15) is 0 Å². The second-order valence-corrected chi connectivity index (χ2v) is 4.19. The first-order valence-corrected chi connectivity index (χ1v) is 5.63. The van der Waals surface area contributed by atoms with Crippen molar-refractivity contribution in [2.45, 2.75) is 25.9 Å². The number of carbonyl (C=O) groups is 1. The predicted octanol–water partition coefficient (Wildman–Crippen LogP) is 0.792. The van der Waals surface area contributed by atoms with Gasteiger partial charge in [-0.3, -0.25) is 9.78 Å². The molecule has 0 saturated carbocycles. The minimum atomic E-state index is 0.172. The van der Waals surface area contributed by atoms with E-state index in [-0.39, 0.29) is 5.91 Å². The Morgan fingerprint density at radius 2 is 2.56 bits per heavy atom. The molecule has 1 saturated heterocycles. The van der Waals surface area contributed by atoms with Crippen molar-refractivity contribution in [3.8, 4) is 0 Å². The first-order chi connectivity index (χ1) is 7.75. The van der Waals surface area contributed by atoms with Crippen LogP contribution in [0.15, 0.2) is 24.5 Å². The number of carbonyl (C=O) groups excluding carboxylic acids is 1. The van der Waals surface area contributed by atoms with Gasteiger partial charge in [-0.25, -0.2) is 0 Å². The van der Waals surface area contributed by atoms with Gasteiger partial charge in [0.05, 0.1) is 0 Å². The summed E-state index contributed by atoms with van der Waals surface area (Å²) >= 11 is 0. The monoisotopic (exact) mass is 219 g/mol. The van der Waals surface area contributed by atoms with Crippen LogP contribution in [0.25, 0.3) is 0 Å². The van der Waals surface area contributed by atoms with Gasteiger partial charge in [0.15, 0.2) is 0 Å². The SMILES string of the molecule is CC(=O)N1CCC(NCc2cccnc2)C1. The molecule has 0 aliphatic carbocycles. The van der Waals surface area contributed by atoms with Crippen molar-refractivity contribution < 1.29 is 4.79 Å². The molecule has 2 heterocycles. The highest BCUT2D eigenvalue weighted by atomic mass is 16.2. The summed E-state index contributed by atoms with van der Waals surface area (Å²) in [7, 11) is 0. The lowest BCUT2D eigenvalue weighted by atomic mass is 10.2. The van der Waals surface area contributed by atoms with E-state index in [0.717, 1.165) is 26.1 Å². The summed E-state index contributed by atoms with van der Waals surface area (Å²) in [6.07, 6.45) is 4.68. The maximum absolute atomic E-state index is 11.2. The summed E-state index contributed by atoms with van der Waals surface area (Å²) in [6.45, 7) is 4.16. The molecule has 1 atom stereocenters. The number of amides is 1. The maximum Gasteiger partial charge on any atom is 0.219 e. The highest BCUT2D eigenvalue weighted by Gasteiger charge is 2.23. The molecule has 0 radical (unpaired) electrons. The maximum atomic E-state index is 11.2. The number of pyridine rings is 1. The van der Waals surface area contributed by atoms with E-state index in [4.69, 9.17) is 0 Å². The molecular formula is C12H17N3O. The van der Waals surface area contributed by atoms with Gasteiger partial charge in [-0.2, -0.15) is 0 Å². The van der Waals surface area contributed by atoms with Gasteiger partial charge < -0.3 is 10.2 Å². The zero-order chi connectivity index (χ0) is 11.4. The van der Waals surface area contributed by atoms with Crippen LogP contribution in [0.4, 0.5) is 0 Å². The van der Waals surface area contributed by atoms with E-state index in [1.54, 1.807) is 13.1 Å². The van der Waals surface area contributed by atoms with Crippen molar-refractivity contribution in [1.82, 2.24) is 15.2 Å². The van der Waals surface area contributed by atoms with Crippen LogP contribution in [0.3, 0.4) is 0 Å². The second kappa shape index (κ2) is 5.07. The van der Waals surface area contributed by atoms with E-state index in [1.807, 2.05) is 17.2 Å². The molecule has 16 heavy (non-hydrogen) atoms. The lowest BCUT2D eigenvalue weighted by molar-refractivity contribution is -0.127. The molecule has 1 N–H and O–H groups in total. The minimum absolute atomic E-state index is 0.172. The summed E-state index contributed by atoms with van der Waals surface area (Å²) in [5.41, 5.74) is 1.18. The number of nitrogens with zero attached hydrogens (tertiary/aromatic N) is 2. The second-order valence-electron chi connectivity index (χ2n) is 4.19. The predicted molar refractivity (Wildman–Crippen MR) is 61.7 cm³/mol. The molecule has 1 amide bonds. The van der Waals surface area contributed by atoms with E-state index in [9.17, 15) is 4.79 Å². The van der Waals surface area contributed by atoms with Crippen molar-refractivity contribution in [2.24, 2.45) is 0 Å². The quantitative estimate of drug-likeness (QED) is 0.817. The number of nitrogens with one attached hydrogen (secondary N) is 1. The van der Waals surface area contributed by atoms with E-state index < -0.39 is 0 Å². The van der Waals surface area contributed by atoms with Crippen molar-refractivity contribution >= 4 is 5.91 Å². The topological polar surface area (TPSA) is 45.2 Å². The van der Waals surface area contributed by atoms with Crippen LogP contribution in [0.1, 0.15) is 18.9 Å². The fourth-order valence-electron chi connectivity index (χ4n) is 1.98. The Morgan fingerprint density at radius 1 is 1.69 bits per heavy atom. The van der Waals surface area contributed by atoms with E-state index in [1.165, 1.54) is 5.56 Å². The summed E-state index contributed by atoms with van der Waals surface area (Å²) in [4.78, 5) is 17.1. The van der Waals surface area contributed by atoms with Gasteiger partial charge in [0.2, 0.25) is 5.91 Å². The molecule has 1 fully saturated rings. The van der Waals surface area contributed by atoms with Gasteiger partial charge >= 0.3 is 0 Å². The van der Waals surface area contributed by atoms with Gasteiger partial charge in [-0.1, -0.05) is 6.07 Å². The Hall–Kier alpha value is -1.42. The third-order valence-electron chi connectivity index (χ3n) is 2.95. The van der Waals surface area contributed by atoms with Gasteiger partial charge in [0, 0.05) is 45.0 Å². The van der Waals surface area contributed by atoms with Crippen LogP contribution < -0.4 is 5.32 Å². The Bertz CT molecular complexity index is 353. The lowest BCUT2D eigenvalue weighted by Crippen LogP contribution is -2.33. The van der Waals surface area contributed by atoms with Gasteiger partial charge in [0.25, 0.3) is 0 Å². The van der Waals surface area contributed by atoms with Crippen LogP contribution in [0.5, 0.6) is 0 Å². The molecule has 1 unspecified atom stereocenters. The third kappa shape index (κ3) is 2.79. The fourth-order valence-corrected chi connectivity index (χ4v) is 1.98. The number of rotatable bonds is 3. The average Bonchev–Trinajstić information content (AvgIpc) is 2.76. The van der Waals surface area contributed by atoms with Crippen molar-refractivity contribution in [3.05, 3.63) is 30.1 Å². The van der Waals surface area contributed by atoms with Crippen LogP contribution in [-0.2, 0) is 11.3 Å². The highest BCUT2D eigenvalue weighted by molar-refractivity contribution is 5.73. The lowest BCUT2D eigenvalue weighted by Gasteiger charge is -2.14. The van der Waals surface area contributed by atoms with E-state index in [0.29, 0.717) is 6.04 Å². The van der Waals surface area contributed by atoms with Crippen molar-refractivity contribution in [2.75, 3.05) is 13.1 Å². The molecule has 1 aliphatic heterocycles. The Kier molecular flexibility index (Phi) is 3.51. The minimum Gasteiger partial charge on any atom is -0.341 e. The summed E-state index contributed by atoms with van der Waals surface area (Å²) in [5, 5.41) is 3.45. The summed E-state index contributed by atoms with van der Waals surface area (Å²) < 4.78 is 0. The van der Waals surface area contributed by atoms with Crippen LogP contribution in [0, 0.1) is 0 Å².